The Bertz CT molecular complexity index is 520. The minimum Gasteiger partial charge on any atom is -0.253 e. The van der Waals surface area contributed by atoms with Gasteiger partial charge in [0.15, 0.2) is 0 Å². The van der Waals surface area contributed by atoms with E-state index in [-0.39, 0.29) is 5.69 Å². The number of rotatable bonds is 1. The minimum atomic E-state index is -4.58. The van der Waals surface area contributed by atoms with Crippen LogP contribution in [0.2, 0.25) is 0 Å². The van der Waals surface area contributed by atoms with E-state index in [1.807, 2.05) is 0 Å². The normalized spacial score (nSPS) is 11.5. The zero-order valence-electron chi connectivity index (χ0n) is 8.50. The maximum absolute atomic E-state index is 13.5. The first-order valence-corrected chi connectivity index (χ1v) is 4.76. The quantitative estimate of drug-likeness (QED) is 0.690. The van der Waals surface area contributed by atoms with E-state index in [2.05, 4.69) is 4.98 Å². The summed E-state index contributed by atoms with van der Waals surface area (Å²) in [6.45, 7) is 0. The highest BCUT2D eigenvalue weighted by atomic mass is 19.4. The first-order chi connectivity index (χ1) is 7.98. The van der Waals surface area contributed by atoms with Crippen molar-refractivity contribution in [2.75, 3.05) is 0 Å². The van der Waals surface area contributed by atoms with E-state index in [4.69, 9.17) is 0 Å². The summed E-state index contributed by atoms with van der Waals surface area (Å²) in [6, 6.07) is 8.67. The molecule has 0 atom stereocenters. The fourth-order valence-corrected chi connectivity index (χ4v) is 1.40. The van der Waals surface area contributed by atoms with Gasteiger partial charge in [0.1, 0.15) is 11.5 Å². The fourth-order valence-electron chi connectivity index (χ4n) is 1.40. The number of halogens is 4. The molecule has 0 saturated carbocycles. The standard InChI is InChI=1S/C12H7F4N/c13-10-6-9(12(14,15)16)7-17-11(10)8-4-2-1-3-5-8/h1-7H. The van der Waals surface area contributed by atoms with Gasteiger partial charge in [0.05, 0.1) is 5.56 Å². The Morgan fingerprint density at radius 3 is 2.18 bits per heavy atom. The number of pyridine rings is 1. The van der Waals surface area contributed by atoms with Gasteiger partial charge < -0.3 is 0 Å². The van der Waals surface area contributed by atoms with E-state index in [1.54, 1.807) is 30.3 Å². The molecule has 1 aromatic heterocycles. The maximum atomic E-state index is 13.5. The summed E-state index contributed by atoms with van der Waals surface area (Å²) in [5.41, 5.74) is -0.730. The molecule has 2 aromatic rings. The molecule has 0 aliphatic rings. The van der Waals surface area contributed by atoms with Crippen molar-refractivity contribution in [3.05, 3.63) is 54.0 Å². The minimum absolute atomic E-state index is 0.0846. The highest BCUT2D eigenvalue weighted by molar-refractivity contribution is 5.59. The summed E-state index contributed by atoms with van der Waals surface area (Å²) >= 11 is 0. The summed E-state index contributed by atoms with van der Waals surface area (Å²) in [4.78, 5) is 3.52. The lowest BCUT2D eigenvalue weighted by atomic mass is 10.1. The van der Waals surface area contributed by atoms with Gasteiger partial charge in [0, 0.05) is 11.8 Å². The third-order valence-corrected chi connectivity index (χ3v) is 2.22. The Kier molecular flexibility index (Phi) is 2.83. The average molecular weight is 241 g/mol. The topological polar surface area (TPSA) is 12.9 Å². The molecule has 0 aliphatic heterocycles. The molecule has 0 saturated heterocycles. The molecular formula is C12H7F4N. The predicted octanol–water partition coefficient (Wildman–Crippen LogP) is 3.91. The highest BCUT2D eigenvalue weighted by Crippen LogP contribution is 2.31. The van der Waals surface area contributed by atoms with Gasteiger partial charge in [0.25, 0.3) is 0 Å². The van der Waals surface area contributed by atoms with E-state index in [0.29, 0.717) is 17.8 Å². The Balaban J connectivity index is 2.46. The molecule has 88 valence electrons. The lowest BCUT2D eigenvalue weighted by molar-refractivity contribution is -0.138. The third kappa shape index (κ3) is 2.43. The van der Waals surface area contributed by atoms with Crippen molar-refractivity contribution in [2.24, 2.45) is 0 Å². The second-order valence-electron chi connectivity index (χ2n) is 3.42. The second kappa shape index (κ2) is 4.16. The van der Waals surface area contributed by atoms with Crippen LogP contribution in [0.25, 0.3) is 11.3 Å². The molecule has 0 unspecified atom stereocenters. The molecule has 1 aromatic carbocycles. The molecule has 0 bridgehead atoms. The fraction of sp³-hybridized carbons (Fsp3) is 0.0833. The van der Waals surface area contributed by atoms with Crippen molar-refractivity contribution in [1.82, 2.24) is 4.98 Å². The first-order valence-electron chi connectivity index (χ1n) is 4.76. The molecule has 0 radical (unpaired) electrons. The molecule has 0 spiro atoms. The van der Waals surface area contributed by atoms with Crippen LogP contribution in [-0.4, -0.2) is 4.98 Å². The molecule has 0 N–H and O–H groups in total. The number of hydrogen-bond acceptors (Lipinski definition) is 1. The number of aromatic nitrogens is 1. The summed E-state index contributed by atoms with van der Waals surface area (Å²) in [5, 5.41) is 0. The van der Waals surface area contributed by atoms with Crippen molar-refractivity contribution in [3.63, 3.8) is 0 Å². The van der Waals surface area contributed by atoms with Gasteiger partial charge >= 0.3 is 6.18 Å². The van der Waals surface area contributed by atoms with Crippen molar-refractivity contribution in [3.8, 4) is 11.3 Å². The number of hydrogen-bond donors (Lipinski definition) is 0. The summed E-state index contributed by atoms with van der Waals surface area (Å²) in [7, 11) is 0. The number of benzene rings is 1. The number of alkyl halides is 3. The van der Waals surface area contributed by atoms with Crippen molar-refractivity contribution >= 4 is 0 Å². The largest absolute Gasteiger partial charge is 0.417 e. The van der Waals surface area contributed by atoms with Crippen molar-refractivity contribution in [2.45, 2.75) is 6.18 Å². The van der Waals surface area contributed by atoms with Crippen LogP contribution >= 0.6 is 0 Å². The van der Waals surface area contributed by atoms with Crippen LogP contribution in [0.4, 0.5) is 17.6 Å². The molecule has 0 fully saturated rings. The smallest absolute Gasteiger partial charge is 0.253 e. The Hall–Kier alpha value is -1.91. The van der Waals surface area contributed by atoms with Crippen LogP contribution in [0.1, 0.15) is 5.56 Å². The van der Waals surface area contributed by atoms with Crippen LogP contribution in [0.15, 0.2) is 42.6 Å². The third-order valence-electron chi connectivity index (χ3n) is 2.22. The van der Waals surface area contributed by atoms with Crippen molar-refractivity contribution < 1.29 is 17.6 Å². The average Bonchev–Trinajstić information content (AvgIpc) is 2.29. The van der Waals surface area contributed by atoms with Gasteiger partial charge in [-0.05, 0) is 6.07 Å². The molecule has 17 heavy (non-hydrogen) atoms. The SMILES string of the molecule is Fc1cc(C(F)(F)F)cnc1-c1ccccc1. The molecular weight excluding hydrogens is 234 g/mol. The van der Waals surface area contributed by atoms with Gasteiger partial charge in [-0.2, -0.15) is 13.2 Å². The van der Waals surface area contributed by atoms with Crippen LogP contribution in [0.5, 0.6) is 0 Å². The Morgan fingerprint density at radius 2 is 1.65 bits per heavy atom. The van der Waals surface area contributed by atoms with Gasteiger partial charge in [-0.25, -0.2) is 4.39 Å². The molecule has 2 rings (SSSR count). The summed E-state index contributed by atoms with van der Waals surface area (Å²) < 4.78 is 50.4. The molecule has 5 heteroatoms. The van der Waals surface area contributed by atoms with Gasteiger partial charge in [0.2, 0.25) is 0 Å². The van der Waals surface area contributed by atoms with Crippen LogP contribution < -0.4 is 0 Å². The molecule has 1 nitrogen and oxygen atoms in total. The van der Waals surface area contributed by atoms with Crippen molar-refractivity contribution in [1.29, 1.82) is 0 Å². The number of nitrogens with zero attached hydrogens (tertiary/aromatic N) is 1. The predicted molar refractivity (Wildman–Crippen MR) is 54.6 cm³/mol. The summed E-state index contributed by atoms with van der Waals surface area (Å²) in [6.07, 6.45) is -3.95. The second-order valence-corrected chi connectivity index (χ2v) is 3.42. The van der Waals surface area contributed by atoms with E-state index >= 15 is 0 Å². The Morgan fingerprint density at radius 1 is 1.00 bits per heavy atom. The lowest BCUT2D eigenvalue weighted by Crippen LogP contribution is -2.06. The van der Waals surface area contributed by atoms with Crippen LogP contribution in [-0.2, 0) is 6.18 Å². The van der Waals surface area contributed by atoms with E-state index in [1.165, 1.54) is 0 Å². The van der Waals surface area contributed by atoms with Crippen LogP contribution in [0.3, 0.4) is 0 Å². The zero-order chi connectivity index (χ0) is 12.5. The van der Waals surface area contributed by atoms with E-state index in [0.717, 1.165) is 0 Å². The molecule has 1 heterocycles. The van der Waals surface area contributed by atoms with Gasteiger partial charge in [-0.1, -0.05) is 30.3 Å². The van der Waals surface area contributed by atoms with Gasteiger partial charge in [-0.15, -0.1) is 0 Å². The summed E-state index contributed by atoms with van der Waals surface area (Å²) in [5.74, 6) is -0.981. The maximum Gasteiger partial charge on any atom is 0.417 e. The lowest BCUT2D eigenvalue weighted by Gasteiger charge is -2.08. The molecule has 0 aliphatic carbocycles. The van der Waals surface area contributed by atoms with Crippen LogP contribution in [0, 0.1) is 5.82 Å². The molecule has 0 amide bonds. The zero-order valence-corrected chi connectivity index (χ0v) is 8.50. The van der Waals surface area contributed by atoms with E-state index < -0.39 is 17.6 Å². The Labute approximate surface area is 94.7 Å². The highest BCUT2D eigenvalue weighted by Gasteiger charge is 2.31. The first kappa shape index (κ1) is 11.6. The monoisotopic (exact) mass is 241 g/mol. The van der Waals surface area contributed by atoms with Gasteiger partial charge in [-0.3, -0.25) is 4.98 Å². The van der Waals surface area contributed by atoms with E-state index in [9.17, 15) is 17.6 Å².